The van der Waals surface area contributed by atoms with Gasteiger partial charge in [0.2, 0.25) is 0 Å². The number of halogens is 3. The number of morpholine rings is 1. The number of anilines is 2. The van der Waals surface area contributed by atoms with Gasteiger partial charge in [-0.15, -0.1) is 0 Å². The molecule has 134 valence electrons. The van der Waals surface area contributed by atoms with Gasteiger partial charge in [-0.05, 0) is 17.7 Å². The van der Waals surface area contributed by atoms with Crippen molar-refractivity contribution in [3.63, 3.8) is 0 Å². The second-order valence-corrected chi connectivity index (χ2v) is 5.47. The average Bonchev–Trinajstić information content (AvgIpc) is 2.62. The van der Waals surface area contributed by atoms with Gasteiger partial charge in [0.1, 0.15) is 5.82 Å². The first-order chi connectivity index (χ1) is 12.0. The second kappa shape index (κ2) is 7.24. The molecule has 1 N–H and O–H groups in total. The molecule has 2 aromatic rings. The standard InChI is InChI=1S/C16H17F3N4O2/c1-24-22-14-8-21-15(9-20-14)23-6-7-25-10-13(23)11-2-4-12(5-3-11)16(17,18)19/h2-5,8-9,13H,6-7,10H2,1H3,(H,20,22). The molecule has 1 unspecified atom stereocenters. The van der Waals surface area contributed by atoms with Crippen LogP contribution in [0.4, 0.5) is 24.8 Å². The van der Waals surface area contributed by atoms with E-state index in [0.717, 1.165) is 17.7 Å². The van der Waals surface area contributed by atoms with E-state index in [1.807, 2.05) is 4.90 Å². The van der Waals surface area contributed by atoms with E-state index in [9.17, 15) is 13.2 Å². The molecule has 1 fully saturated rings. The van der Waals surface area contributed by atoms with E-state index in [1.54, 1.807) is 6.20 Å². The Bertz CT molecular complexity index is 692. The van der Waals surface area contributed by atoms with E-state index in [4.69, 9.17) is 9.57 Å². The van der Waals surface area contributed by atoms with Gasteiger partial charge in [-0.1, -0.05) is 12.1 Å². The van der Waals surface area contributed by atoms with Crippen molar-refractivity contribution in [1.29, 1.82) is 0 Å². The minimum absolute atomic E-state index is 0.230. The lowest BCUT2D eigenvalue weighted by molar-refractivity contribution is -0.137. The molecule has 25 heavy (non-hydrogen) atoms. The van der Waals surface area contributed by atoms with Crippen molar-refractivity contribution in [2.24, 2.45) is 0 Å². The van der Waals surface area contributed by atoms with Crippen molar-refractivity contribution in [3.8, 4) is 0 Å². The molecule has 0 amide bonds. The normalized spacial score (nSPS) is 18.2. The van der Waals surface area contributed by atoms with Crippen LogP contribution >= 0.6 is 0 Å². The monoisotopic (exact) mass is 354 g/mol. The number of hydrogen-bond acceptors (Lipinski definition) is 6. The van der Waals surface area contributed by atoms with E-state index in [1.165, 1.54) is 25.4 Å². The van der Waals surface area contributed by atoms with Crippen LogP contribution in [-0.4, -0.2) is 36.8 Å². The van der Waals surface area contributed by atoms with Crippen molar-refractivity contribution in [2.75, 3.05) is 37.2 Å². The topological polar surface area (TPSA) is 59.5 Å². The van der Waals surface area contributed by atoms with Crippen LogP contribution in [0.2, 0.25) is 0 Å². The summed E-state index contributed by atoms with van der Waals surface area (Å²) < 4.78 is 43.7. The Kier molecular flexibility index (Phi) is 5.05. The number of nitrogens with zero attached hydrogens (tertiary/aromatic N) is 3. The Morgan fingerprint density at radius 1 is 1.20 bits per heavy atom. The van der Waals surface area contributed by atoms with Crippen LogP contribution in [0.15, 0.2) is 36.7 Å². The number of nitrogens with one attached hydrogen (secondary N) is 1. The summed E-state index contributed by atoms with van der Waals surface area (Å²) in [6.45, 7) is 1.44. The van der Waals surface area contributed by atoms with Gasteiger partial charge in [0, 0.05) is 6.54 Å². The van der Waals surface area contributed by atoms with Gasteiger partial charge in [-0.25, -0.2) is 15.4 Å². The summed E-state index contributed by atoms with van der Waals surface area (Å²) in [5, 5.41) is 0. The number of hydrogen-bond donors (Lipinski definition) is 1. The predicted molar refractivity (Wildman–Crippen MR) is 85.0 cm³/mol. The fourth-order valence-electron chi connectivity index (χ4n) is 2.68. The van der Waals surface area contributed by atoms with E-state index in [0.29, 0.717) is 31.4 Å². The van der Waals surface area contributed by atoms with Gasteiger partial charge in [0.15, 0.2) is 5.82 Å². The SMILES string of the molecule is CONc1cnc(N2CCOCC2c2ccc(C(F)(F)F)cc2)cn1. The fraction of sp³-hybridized carbons (Fsp3) is 0.375. The first-order valence-corrected chi connectivity index (χ1v) is 7.61. The van der Waals surface area contributed by atoms with Gasteiger partial charge in [-0.3, -0.25) is 4.84 Å². The molecule has 1 atom stereocenters. The number of rotatable bonds is 4. The highest BCUT2D eigenvalue weighted by Gasteiger charge is 2.31. The Labute approximate surface area is 142 Å². The second-order valence-electron chi connectivity index (χ2n) is 5.47. The maximum absolute atomic E-state index is 12.7. The van der Waals surface area contributed by atoms with Crippen molar-refractivity contribution in [3.05, 3.63) is 47.8 Å². The number of benzene rings is 1. The number of alkyl halides is 3. The molecule has 1 aliphatic rings. The fourth-order valence-corrected chi connectivity index (χ4v) is 2.68. The lowest BCUT2D eigenvalue weighted by atomic mass is 10.0. The number of ether oxygens (including phenoxy) is 1. The minimum Gasteiger partial charge on any atom is -0.377 e. The predicted octanol–water partition coefficient (Wildman–Crippen LogP) is 3.05. The highest BCUT2D eigenvalue weighted by Crippen LogP contribution is 2.32. The zero-order valence-corrected chi connectivity index (χ0v) is 13.5. The molecule has 1 saturated heterocycles. The Morgan fingerprint density at radius 3 is 2.56 bits per heavy atom. The van der Waals surface area contributed by atoms with Crippen LogP contribution in [0.1, 0.15) is 17.2 Å². The summed E-state index contributed by atoms with van der Waals surface area (Å²) >= 11 is 0. The van der Waals surface area contributed by atoms with Crippen molar-refractivity contribution >= 4 is 11.6 Å². The van der Waals surface area contributed by atoms with Gasteiger partial charge in [-0.2, -0.15) is 13.2 Å². The minimum atomic E-state index is -4.35. The van der Waals surface area contributed by atoms with Gasteiger partial charge in [0.25, 0.3) is 0 Å². The van der Waals surface area contributed by atoms with Gasteiger partial charge in [0.05, 0.1) is 44.3 Å². The van der Waals surface area contributed by atoms with Crippen LogP contribution in [0.25, 0.3) is 0 Å². The molecule has 1 aromatic heterocycles. The molecule has 0 saturated carbocycles. The highest BCUT2D eigenvalue weighted by molar-refractivity contribution is 5.44. The average molecular weight is 354 g/mol. The summed E-state index contributed by atoms with van der Waals surface area (Å²) in [6.07, 6.45) is -1.24. The summed E-state index contributed by atoms with van der Waals surface area (Å²) in [5.74, 6) is 1.08. The summed E-state index contributed by atoms with van der Waals surface area (Å²) in [7, 11) is 1.47. The Hall–Kier alpha value is -2.39. The van der Waals surface area contributed by atoms with Crippen LogP contribution in [0.5, 0.6) is 0 Å². The van der Waals surface area contributed by atoms with Crippen LogP contribution in [0.3, 0.4) is 0 Å². The lowest BCUT2D eigenvalue weighted by Crippen LogP contribution is -2.40. The molecule has 0 radical (unpaired) electrons. The quantitative estimate of drug-likeness (QED) is 0.852. The zero-order chi connectivity index (χ0) is 17.9. The summed E-state index contributed by atoms with van der Waals surface area (Å²) in [6, 6.07) is 4.89. The molecule has 0 bridgehead atoms. The third-order valence-corrected chi connectivity index (χ3v) is 3.89. The molecular formula is C16H17F3N4O2. The molecule has 3 rings (SSSR count). The Balaban J connectivity index is 1.83. The van der Waals surface area contributed by atoms with E-state index in [2.05, 4.69) is 15.4 Å². The van der Waals surface area contributed by atoms with Crippen molar-refractivity contribution < 1.29 is 22.7 Å². The molecule has 0 aliphatic carbocycles. The highest BCUT2D eigenvalue weighted by atomic mass is 19.4. The van der Waals surface area contributed by atoms with Crippen molar-refractivity contribution in [1.82, 2.24) is 9.97 Å². The van der Waals surface area contributed by atoms with E-state index >= 15 is 0 Å². The largest absolute Gasteiger partial charge is 0.416 e. The van der Waals surface area contributed by atoms with Crippen LogP contribution < -0.4 is 10.4 Å². The first-order valence-electron chi connectivity index (χ1n) is 7.61. The zero-order valence-electron chi connectivity index (χ0n) is 13.5. The smallest absolute Gasteiger partial charge is 0.377 e. The Morgan fingerprint density at radius 2 is 1.96 bits per heavy atom. The molecule has 2 heterocycles. The molecule has 1 aromatic carbocycles. The lowest BCUT2D eigenvalue weighted by Gasteiger charge is -2.36. The summed E-state index contributed by atoms with van der Waals surface area (Å²) in [5.41, 5.74) is 2.64. The molecule has 1 aliphatic heterocycles. The third-order valence-electron chi connectivity index (χ3n) is 3.89. The van der Waals surface area contributed by atoms with Gasteiger partial charge < -0.3 is 9.64 Å². The van der Waals surface area contributed by atoms with Crippen LogP contribution in [0, 0.1) is 0 Å². The maximum Gasteiger partial charge on any atom is 0.416 e. The first kappa shape index (κ1) is 17.4. The molecule has 6 nitrogen and oxygen atoms in total. The number of aromatic nitrogens is 2. The molecule has 9 heteroatoms. The molecule has 0 spiro atoms. The van der Waals surface area contributed by atoms with Crippen molar-refractivity contribution in [2.45, 2.75) is 12.2 Å². The third kappa shape index (κ3) is 3.99. The van der Waals surface area contributed by atoms with E-state index < -0.39 is 11.7 Å². The van der Waals surface area contributed by atoms with Crippen LogP contribution in [-0.2, 0) is 15.8 Å². The molecular weight excluding hydrogens is 337 g/mol. The summed E-state index contributed by atoms with van der Waals surface area (Å²) in [4.78, 5) is 15.3. The van der Waals surface area contributed by atoms with E-state index in [-0.39, 0.29) is 6.04 Å². The van der Waals surface area contributed by atoms with Gasteiger partial charge >= 0.3 is 6.18 Å². The maximum atomic E-state index is 12.7.